The molecule has 0 unspecified atom stereocenters. The average molecular weight is 313 g/mol. The number of halogens is 1. The molecule has 0 bridgehead atoms. The molecule has 0 aliphatic carbocycles. The van der Waals surface area contributed by atoms with Crippen LogP contribution in [0.2, 0.25) is 0 Å². The Morgan fingerprint density at radius 2 is 2.24 bits per heavy atom. The summed E-state index contributed by atoms with van der Waals surface area (Å²) in [6, 6.07) is 6.09. The molecule has 0 spiro atoms. The molecule has 3 nitrogen and oxygen atoms in total. The van der Waals surface area contributed by atoms with Gasteiger partial charge in [-0.15, -0.1) is 11.3 Å². The van der Waals surface area contributed by atoms with Crippen molar-refractivity contribution >= 4 is 27.3 Å². The minimum atomic E-state index is 0.456. The molecule has 0 saturated carbocycles. The van der Waals surface area contributed by atoms with Gasteiger partial charge in [-0.2, -0.15) is 0 Å². The normalized spacial score (nSPS) is 10.6. The first-order chi connectivity index (χ1) is 8.15. The third kappa shape index (κ3) is 2.51. The van der Waals surface area contributed by atoms with Crippen LogP contribution in [0.1, 0.15) is 10.6 Å². The summed E-state index contributed by atoms with van der Waals surface area (Å²) in [4.78, 5) is 5.43. The number of benzene rings is 1. The lowest BCUT2D eigenvalue weighted by Crippen LogP contribution is -1.93. The van der Waals surface area contributed by atoms with E-state index in [1.807, 2.05) is 12.1 Å². The summed E-state index contributed by atoms with van der Waals surface area (Å²) in [6.07, 6.45) is 0. The zero-order valence-electron chi connectivity index (χ0n) is 9.66. The number of thiazole rings is 1. The van der Waals surface area contributed by atoms with Crippen LogP contribution in [0.15, 0.2) is 22.8 Å². The molecule has 1 aromatic carbocycles. The summed E-state index contributed by atoms with van der Waals surface area (Å²) in [6.45, 7) is 2.51. The van der Waals surface area contributed by atoms with E-state index in [9.17, 15) is 0 Å². The number of ether oxygens (including phenoxy) is 1. The third-order valence-corrected chi connectivity index (χ3v) is 4.35. The molecule has 2 aromatic rings. The quantitative estimate of drug-likeness (QED) is 0.945. The molecule has 90 valence electrons. The first kappa shape index (κ1) is 12.5. The van der Waals surface area contributed by atoms with Crippen LogP contribution in [-0.2, 0) is 6.54 Å². The van der Waals surface area contributed by atoms with Crippen molar-refractivity contribution in [3.05, 3.63) is 33.4 Å². The zero-order valence-corrected chi connectivity index (χ0v) is 12.1. The number of rotatable bonds is 3. The lowest BCUT2D eigenvalue weighted by atomic mass is 10.1. The van der Waals surface area contributed by atoms with E-state index >= 15 is 0 Å². The Hall–Kier alpha value is -0.910. The average Bonchev–Trinajstić information content (AvgIpc) is 2.70. The summed E-state index contributed by atoms with van der Waals surface area (Å²) in [5, 5.41) is 0.912. The van der Waals surface area contributed by atoms with E-state index in [0.717, 1.165) is 25.8 Å². The monoisotopic (exact) mass is 312 g/mol. The zero-order chi connectivity index (χ0) is 12.4. The molecular formula is C12H13BrN2OS. The predicted molar refractivity (Wildman–Crippen MR) is 74.4 cm³/mol. The van der Waals surface area contributed by atoms with Gasteiger partial charge in [0.1, 0.15) is 15.4 Å². The van der Waals surface area contributed by atoms with E-state index in [4.69, 9.17) is 10.5 Å². The van der Waals surface area contributed by atoms with E-state index in [2.05, 4.69) is 33.9 Å². The summed E-state index contributed by atoms with van der Waals surface area (Å²) >= 11 is 5.06. The third-order valence-electron chi connectivity index (χ3n) is 2.40. The van der Waals surface area contributed by atoms with Crippen molar-refractivity contribution < 1.29 is 4.74 Å². The topological polar surface area (TPSA) is 48.1 Å². The fraction of sp³-hybridized carbons (Fsp3) is 0.250. The van der Waals surface area contributed by atoms with Gasteiger partial charge in [0.2, 0.25) is 0 Å². The second-order valence-corrected chi connectivity index (χ2v) is 5.47. The van der Waals surface area contributed by atoms with Crippen LogP contribution in [0.4, 0.5) is 0 Å². The number of nitrogens with zero attached hydrogens (tertiary/aromatic N) is 1. The molecule has 1 aromatic heterocycles. The molecule has 0 atom stereocenters. The van der Waals surface area contributed by atoms with E-state index < -0.39 is 0 Å². The van der Waals surface area contributed by atoms with Crippen LogP contribution in [0.3, 0.4) is 0 Å². The molecular weight excluding hydrogens is 300 g/mol. The Balaban J connectivity index is 2.58. The van der Waals surface area contributed by atoms with Crippen LogP contribution >= 0.6 is 27.3 Å². The summed E-state index contributed by atoms with van der Waals surface area (Å²) < 4.78 is 6.21. The van der Waals surface area contributed by atoms with Gasteiger partial charge in [-0.05, 0) is 35.0 Å². The summed E-state index contributed by atoms with van der Waals surface area (Å²) in [5.74, 6) is 0.850. The molecule has 1 heterocycles. The van der Waals surface area contributed by atoms with E-state index in [1.54, 1.807) is 18.4 Å². The second-order valence-electron chi connectivity index (χ2n) is 3.64. The number of methoxy groups -OCH3 is 1. The first-order valence-corrected chi connectivity index (χ1v) is 6.77. The number of aryl methyl sites for hydroxylation is 1. The van der Waals surface area contributed by atoms with Crippen LogP contribution in [0, 0.1) is 6.92 Å². The molecule has 0 radical (unpaired) electrons. The number of hydrogen-bond donors (Lipinski definition) is 1. The van der Waals surface area contributed by atoms with Gasteiger partial charge in [0.25, 0.3) is 0 Å². The molecule has 2 N–H and O–H groups in total. The Morgan fingerprint density at radius 1 is 1.47 bits per heavy atom. The fourth-order valence-electron chi connectivity index (χ4n) is 1.60. The maximum atomic E-state index is 5.61. The highest BCUT2D eigenvalue weighted by atomic mass is 79.9. The van der Waals surface area contributed by atoms with Gasteiger partial charge in [0.15, 0.2) is 0 Å². The van der Waals surface area contributed by atoms with Gasteiger partial charge in [-0.3, -0.25) is 0 Å². The standard InChI is InChI=1S/C12H13BrN2OS/c1-7-3-4-9(16-2)8(5-7)11-12(13)15-10(6-14)17-11/h3-5H,6,14H2,1-2H3. The predicted octanol–water partition coefficient (Wildman–Crippen LogP) is 3.35. The van der Waals surface area contributed by atoms with Crippen molar-refractivity contribution in [2.45, 2.75) is 13.5 Å². The number of nitrogens with two attached hydrogens (primary N) is 1. The van der Waals surface area contributed by atoms with Crippen molar-refractivity contribution in [3.63, 3.8) is 0 Å². The lowest BCUT2D eigenvalue weighted by molar-refractivity contribution is 0.416. The SMILES string of the molecule is COc1ccc(C)cc1-c1sc(CN)nc1Br. The second kappa shape index (κ2) is 5.16. The first-order valence-electron chi connectivity index (χ1n) is 5.16. The molecule has 5 heteroatoms. The van der Waals surface area contributed by atoms with Crippen molar-refractivity contribution in [2.75, 3.05) is 7.11 Å². The molecule has 0 aliphatic heterocycles. The van der Waals surface area contributed by atoms with E-state index in [-0.39, 0.29) is 0 Å². The van der Waals surface area contributed by atoms with Crippen LogP contribution < -0.4 is 10.5 Å². The highest BCUT2D eigenvalue weighted by molar-refractivity contribution is 9.10. The van der Waals surface area contributed by atoms with Crippen molar-refractivity contribution in [1.29, 1.82) is 0 Å². The van der Waals surface area contributed by atoms with Crippen LogP contribution in [0.25, 0.3) is 10.4 Å². The molecule has 0 amide bonds. The van der Waals surface area contributed by atoms with E-state index in [0.29, 0.717) is 6.54 Å². The lowest BCUT2D eigenvalue weighted by Gasteiger charge is -2.07. The highest BCUT2D eigenvalue weighted by Gasteiger charge is 2.14. The van der Waals surface area contributed by atoms with E-state index in [1.165, 1.54) is 5.56 Å². The Kier molecular flexibility index (Phi) is 3.81. The largest absolute Gasteiger partial charge is 0.496 e. The Bertz CT molecular complexity index is 539. The van der Waals surface area contributed by atoms with Crippen molar-refractivity contribution in [2.24, 2.45) is 5.73 Å². The summed E-state index contributed by atoms with van der Waals surface area (Å²) in [5.41, 5.74) is 7.85. The van der Waals surface area contributed by atoms with Gasteiger partial charge in [-0.1, -0.05) is 11.6 Å². The molecule has 0 saturated heterocycles. The van der Waals surface area contributed by atoms with Gasteiger partial charge >= 0.3 is 0 Å². The molecule has 0 aliphatic rings. The van der Waals surface area contributed by atoms with Gasteiger partial charge in [0.05, 0.1) is 12.0 Å². The van der Waals surface area contributed by atoms with Gasteiger partial charge < -0.3 is 10.5 Å². The minimum absolute atomic E-state index is 0.456. The minimum Gasteiger partial charge on any atom is -0.496 e. The van der Waals surface area contributed by atoms with Crippen molar-refractivity contribution in [3.8, 4) is 16.2 Å². The molecule has 2 rings (SSSR count). The molecule has 0 fully saturated rings. The Morgan fingerprint density at radius 3 is 2.82 bits per heavy atom. The maximum absolute atomic E-state index is 5.61. The maximum Gasteiger partial charge on any atom is 0.127 e. The summed E-state index contributed by atoms with van der Waals surface area (Å²) in [7, 11) is 1.67. The van der Waals surface area contributed by atoms with Gasteiger partial charge in [0, 0.05) is 12.1 Å². The number of hydrogen-bond acceptors (Lipinski definition) is 4. The highest BCUT2D eigenvalue weighted by Crippen LogP contribution is 2.39. The van der Waals surface area contributed by atoms with Crippen LogP contribution in [0.5, 0.6) is 5.75 Å². The smallest absolute Gasteiger partial charge is 0.127 e. The van der Waals surface area contributed by atoms with Crippen molar-refractivity contribution in [1.82, 2.24) is 4.98 Å². The van der Waals surface area contributed by atoms with Crippen LogP contribution in [-0.4, -0.2) is 12.1 Å². The fourth-order valence-corrected chi connectivity index (χ4v) is 3.24. The Labute approximate surface area is 113 Å². The van der Waals surface area contributed by atoms with Gasteiger partial charge in [-0.25, -0.2) is 4.98 Å². The number of aromatic nitrogens is 1. The molecule has 17 heavy (non-hydrogen) atoms.